The molecule has 2 N–H and O–H groups in total. The summed E-state index contributed by atoms with van der Waals surface area (Å²) in [6, 6.07) is 12.0. The summed E-state index contributed by atoms with van der Waals surface area (Å²) in [4.78, 5) is 0. The van der Waals surface area contributed by atoms with Crippen LogP contribution in [0, 0.1) is 0 Å². The second-order valence-corrected chi connectivity index (χ2v) is 6.00. The van der Waals surface area contributed by atoms with Gasteiger partial charge >= 0.3 is 0 Å². The smallest absolute Gasteiger partial charge is 0.120 e. The Balaban J connectivity index is 1.88. The van der Waals surface area contributed by atoms with E-state index in [1.807, 2.05) is 30.0 Å². The van der Waals surface area contributed by atoms with Crippen molar-refractivity contribution >= 4 is 22.5 Å². The number of phenols is 1. The monoisotopic (exact) mass is 289 g/mol. The van der Waals surface area contributed by atoms with Gasteiger partial charge in [0, 0.05) is 12.1 Å². The fourth-order valence-electron chi connectivity index (χ4n) is 2.40. The SMILES string of the molecule is CSCCCCCNCc1c(O)ccc2ccccc12. The minimum Gasteiger partial charge on any atom is -0.508 e. The van der Waals surface area contributed by atoms with Crippen molar-refractivity contribution in [3.63, 3.8) is 0 Å². The number of hydrogen-bond donors (Lipinski definition) is 2. The van der Waals surface area contributed by atoms with Crippen LogP contribution in [0.25, 0.3) is 10.8 Å². The van der Waals surface area contributed by atoms with Crippen LogP contribution in [-0.2, 0) is 6.54 Å². The number of rotatable bonds is 8. The Bertz CT molecular complexity index is 542. The fourth-order valence-corrected chi connectivity index (χ4v) is 2.89. The number of aromatic hydroxyl groups is 1. The van der Waals surface area contributed by atoms with Crippen molar-refractivity contribution in [1.29, 1.82) is 0 Å². The quantitative estimate of drug-likeness (QED) is 0.715. The molecule has 2 aromatic carbocycles. The normalized spacial score (nSPS) is 11.1. The molecule has 2 aromatic rings. The van der Waals surface area contributed by atoms with E-state index < -0.39 is 0 Å². The highest BCUT2D eigenvalue weighted by molar-refractivity contribution is 7.98. The molecule has 0 fully saturated rings. The van der Waals surface area contributed by atoms with Gasteiger partial charge in [-0.2, -0.15) is 11.8 Å². The molecule has 3 heteroatoms. The Labute approximate surface area is 125 Å². The highest BCUT2D eigenvalue weighted by Gasteiger charge is 2.05. The van der Waals surface area contributed by atoms with E-state index in [0.717, 1.165) is 24.0 Å². The van der Waals surface area contributed by atoms with E-state index in [4.69, 9.17) is 0 Å². The van der Waals surface area contributed by atoms with Crippen molar-refractivity contribution in [2.24, 2.45) is 0 Å². The lowest BCUT2D eigenvalue weighted by Crippen LogP contribution is -2.15. The van der Waals surface area contributed by atoms with Crippen molar-refractivity contribution in [2.75, 3.05) is 18.6 Å². The molecule has 0 atom stereocenters. The second kappa shape index (κ2) is 8.18. The van der Waals surface area contributed by atoms with Crippen molar-refractivity contribution in [3.05, 3.63) is 42.0 Å². The van der Waals surface area contributed by atoms with Gasteiger partial charge in [-0.3, -0.25) is 0 Å². The van der Waals surface area contributed by atoms with E-state index in [-0.39, 0.29) is 0 Å². The molecule has 2 nitrogen and oxygen atoms in total. The Kier molecular flexibility index (Phi) is 6.22. The Morgan fingerprint density at radius 3 is 2.75 bits per heavy atom. The zero-order valence-electron chi connectivity index (χ0n) is 12.1. The zero-order chi connectivity index (χ0) is 14.2. The van der Waals surface area contributed by atoms with Gasteiger partial charge in [-0.05, 0) is 48.2 Å². The molecule has 2 rings (SSSR count). The third kappa shape index (κ3) is 4.15. The molecule has 0 aliphatic rings. The van der Waals surface area contributed by atoms with Gasteiger partial charge in [0.15, 0.2) is 0 Å². The molecular formula is C17H23NOS. The number of fused-ring (bicyclic) bond motifs is 1. The van der Waals surface area contributed by atoms with E-state index in [0.29, 0.717) is 5.75 Å². The fraction of sp³-hybridized carbons (Fsp3) is 0.412. The number of hydrogen-bond acceptors (Lipinski definition) is 3. The first-order valence-electron chi connectivity index (χ1n) is 7.22. The molecule has 0 unspecified atom stereocenters. The summed E-state index contributed by atoms with van der Waals surface area (Å²) < 4.78 is 0. The molecule has 0 aliphatic carbocycles. The van der Waals surface area contributed by atoms with Gasteiger partial charge in [-0.1, -0.05) is 36.8 Å². The first-order valence-corrected chi connectivity index (χ1v) is 8.61. The summed E-state index contributed by atoms with van der Waals surface area (Å²) in [6.07, 6.45) is 5.92. The van der Waals surface area contributed by atoms with Crippen LogP contribution >= 0.6 is 11.8 Å². The lowest BCUT2D eigenvalue weighted by Gasteiger charge is -2.10. The molecular weight excluding hydrogens is 266 g/mol. The summed E-state index contributed by atoms with van der Waals surface area (Å²) in [5.41, 5.74) is 1.01. The van der Waals surface area contributed by atoms with Gasteiger partial charge in [0.1, 0.15) is 5.75 Å². The van der Waals surface area contributed by atoms with Gasteiger partial charge in [0.2, 0.25) is 0 Å². The number of nitrogens with one attached hydrogen (secondary N) is 1. The topological polar surface area (TPSA) is 32.3 Å². The average Bonchev–Trinajstić information content (AvgIpc) is 2.48. The van der Waals surface area contributed by atoms with Crippen molar-refractivity contribution in [3.8, 4) is 5.75 Å². The molecule has 0 bridgehead atoms. The number of thioether (sulfide) groups is 1. The molecule has 0 amide bonds. The van der Waals surface area contributed by atoms with Crippen molar-refractivity contribution < 1.29 is 5.11 Å². The molecule has 108 valence electrons. The van der Waals surface area contributed by atoms with Crippen LogP contribution in [0.1, 0.15) is 24.8 Å². The largest absolute Gasteiger partial charge is 0.508 e. The molecule has 0 spiro atoms. The van der Waals surface area contributed by atoms with E-state index >= 15 is 0 Å². The Morgan fingerprint density at radius 1 is 1.05 bits per heavy atom. The van der Waals surface area contributed by atoms with Crippen LogP contribution in [0.4, 0.5) is 0 Å². The standard InChI is InChI=1S/C17H23NOS/c1-20-12-6-2-5-11-18-13-16-15-8-4-3-7-14(15)9-10-17(16)19/h3-4,7-10,18-19H,2,5-6,11-13H2,1H3. The molecule has 0 aliphatic heterocycles. The average molecular weight is 289 g/mol. The van der Waals surface area contributed by atoms with Gasteiger partial charge in [-0.25, -0.2) is 0 Å². The lowest BCUT2D eigenvalue weighted by atomic mass is 10.0. The minimum atomic E-state index is 0.388. The van der Waals surface area contributed by atoms with Crippen molar-refractivity contribution in [1.82, 2.24) is 5.32 Å². The molecule has 0 radical (unpaired) electrons. The maximum atomic E-state index is 10.0. The molecule has 0 aromatic heterocycles. The Morgan fingerprint density at radius 2 is 1.90 bits per heavy atom. The van der Waals surface area contributed by atoms with Crippen LogP contribution in [0.3, 0.4) is 0 Å². The molecule has 0 saturated heterocycles. The van der Waals surface area contributed by atoms with Crippen LogP contribution in [0.2, 0.25) is 0 Å². The van der Waals surface area contributed by atoms with Crippen molar-refractivity contribution in [2.45, 2.75) is 25.8 Å². The van der Waals surface area contributed by atoms with Gasteiger partial charge in [-0.15, -0.1) is 0 Å². The van der Waals surface area contributed by atoms with E-state index in [1.165, 1.54) is 30.4 Å². The highest BCUT2D eigenvalue weighted by Crippen LogP contribution is 2.26. The third-order valence-electron chi connectivity index (χ3n) is 3.52. The summed E-state index contributed by atoms with van der Waals surface area (Å²) in [7, 11) is 0. The van der Waals surface area contributed by atoms with Gasteiger partial charge in [0.25, 0.3) is 0 Å². The Hall–Kier alpha value is -1.19. The summed E-state index contributed by atoms with van der Waals surface area (Å²) >= 11 is 1.91. The maximum absolute atomic E-state index is 10.0. The molecule has 0 saturated carbocycles. The molecule has 0 heterocycles. The third-order valence-corrected chi connectivity index (χ3v) is 4.22. The molecule has 20 heavy (non-hydrogen) atoms. The van der Waals surface area contributed by atoms with Crippen LogP contribution in [-0.4, -0.2) is 23.7 Å². The summed E-state index contributed by atoms with van der Waals surface area (Å²) in [5.74, 6) is 1.64. The first kappa shape index (κ1) is 15.2. The van der Waals surface area contributed by atoms with Crippen LogP contribution in [0.15, 0.2) is 36.4 Å². The lowest BCUT2D eigenvalue weighted by molar-refractivity contribution is 0.465. The van der Waals surface area contributed by atoms with E-state index in [2.05, 4.69) is 23.7 Å². The first-order chi connectivity index (χ1) is 9.83. The number of unbranched alkanes of at least 4 members (excludes halogenated alkanes) is 2. The zero-order valence-corrected chi connectivity index (χ0v) is 12.9. The predicted octanol–water partition coefficient (Wildman–Crippen LogP) is 4.17. The van der Waals surface area contributed by atoms with Gasteiger partial charge in [0.05, 0.1) is 0 Å². The predicted molar refractivity (Wildman–Crippen MR) is 89.6 cm³/mol. The number of phenolic OH excluding ortho intramolecular Hbond substituents is 1. The van der Waals surface area contributed by atoms with E-state index in [1.54, 1.807) is 6.07 Å². The minimum absolute atomic E-state index is 0.388. The maximum Gasteiger partial charge on any atom is 0.120 e. The summed E-state index contributed by atoms with van der Waals surface area (Å²) in [6.45, 7) is 1.74. The number of benzene rings is 2. The second-order valence-electron chi connectivity index (χ2n) is 5.01. The van der Waals surface area contributed by atoms with Gasteiger partial charge < -0.3 is 10.4 Å². The summed E-state index contributed by atoms with van der Waals surface area (Å²) in [5, 5.41) is 15.8. The highest BCUT2D eigenvalue weighted by atomic mass is 32.2. The van der Waals surface area contributed by atoms with Crippen LogP contribution in [0.5, 0.6) is 5.75 Å². The van der Waals surface area contributed by atoms with E-state index in [9.17, 15) is 5.11 Å². The van der Waals surface area contributed by atoms with Crippen LogP contribution < -0.4 is 5.32 Å².